The summed E-state index contributed by atoms with van der Waals surface area (Å²) in [5.74, 6) is -0.941. The number of nitrogens with one attached hydrogen (secondary N) is 2. The third-order valence-electron chi connectivity index (χ3n) is 3.86. The van der Waals surface area contributed by atoms with Gasteiger partial charge < -0.3 is 15.2 Å². The van der Waals surface area contributed by atoms with E-state index in [0.29, 0.717) is 6.54 Å². The van der Waals surface area contributed by atoms with Crippen LogP contribution in [0, 0.1) is 0 Å². The molecule has 2 amide bonds. The lowest BCUT2D eigenvalue weighted by Crippen LogP contribution is -2.36. The van der Waals surface area contributed by atoms with Gasteiger partial charge in [-0.15, -0.1) is 6.58 Å². The Morgan fingerprint density at radius 1 is 1.21 bits per heavy atom. The number of rotatable bonds is 9. The SMILES string of the molecule is C=CCNC(=O)c1cn([C@H](C)CC)cc(C(=O)NCCCC)c1=O. The maximum atomic E-state index is 12.6. The molecular formula is C18H27N3O3. The summed E-state index contributed by atoms with van der Waals surface area (Å²) < 4.78 is 1.75. The summed E-state index contributed by atoms with van der Waals surface area (Å²) in [5, 5.41) is 5.32. The summed E-state index contributed by atoms with van der Waals surface area (Å²) in [5.41, 5.74) is -0.580. The molecule has 1 aromatic heterocycles. The van der Waals surface area contributed by atoms with Gasteiger partial charge in [0.05, 0.1) is 0 Å². The smallest absolute Gasteiger partial charge is 0.257 e. The number of nitrogens with zero attached hydrogens (tertiary/aromatic N) is 1. The number of carbonyl (C=O) groups is 2. The van der Waals surface area contributed by atoms with E-state index in [0.717, 1.165) is 19.3 Å². The Morgan fingerprint density at radius 2 is 1.79 bits per heavy atom. The maximum absolute atomic E-state index is 12.6. The Hall–Kier alpha value is -2.37. The van der Waals surface area contributed by atoms with Gasteiger partial charge in [-0.25, -0.2) is 0 Å². The fraction of sp³-hybridized carbons (Fsp3) is 0.500. The van der Waals surface area contributed by atoms with Gasteiger partial charge in [0.15, 0.2) is 0 Å². The van der Waals surface area contributed by atoms with Crippen LogP contribution in [0.1, 0.15) is 66.8 Å². The first-order valence-electron chi connectivity index (χ1n) is 8.39. The Bertz CT molecular complexity index is 649. The number of hydrogen-bond donors (Lipinski definition) is 2. The minimum atomic E-state index is -0.551. The lowest BCUT2D eigenvalue weighted by Gasteiger charge is -2.17. The van der Waals surface area contributed by atoms with Gasteiger partial charge in [-0.1, -0.05) is 26.3 Å². The van der Waals surface area contributed by atoms with E-state index in [1.165, 1.54) is 18.5 Å². The second-order valence-electron chi connectivity index (χ2n) is 5.73. The molecule has 0 radical (unpaired) electrons. The van der Waals surface area contributed by atoms with E-state index in [1.807, 2.05) is 20.8 Å². The second-order valence-corrected chi connectivity index (χ2v) is 5.73. The van der Waals surface area contributed by atoms with Crippen molar-refractivity contribution >= 4 is 11.8 Å². The van der Waals surface area contributed by atoms with Crippen LogP contribution < -0.4 is 16.1 Å². The summed E-state index contributed by atoms with van der Waals surface area (Å²) in [7, 11) is 0. The predicted octanol–water partition coefficient (Wildman–Crippen LogP) is 2.27. The van der Waals surface area contributed by atoms with Crippen LogP contribution in [0.5, 0.6) is 0 Å². The van der Waals surface area contributed by atoms with Crippen LogP contribution in [0.2, 0.25) is 0 Å². The zero-order valence-corrected chi connectivity index (χ0v) is 14.7. The molecule has 0 aromatic carbocycles. The fourth-order valence-corrected chi connectivity index (χ4v) is 2.12. The highest BCUT2D eigenvalue weighted by molar-refractivity contribution is 5.99. The molecule has 6 nitrogen and oxygen atoms in total. The average molecular weight is 333 g/mol. The van der Waals surface area contributed by atoms with E-state index in [-0.39, 0.29) is 23.7 Å². The zero-order valence-electron chi connectivity index (χ0n) is 14.7. The lowest BCUT2D eigenvalue weighted by molar-refractivity contribution is 0.0951. The quantitative estimate of drug-likeness (QED) is 0.537. The van der Waals surface area contributed by atoms with Crippen molar-refractivity contribution in [1.29, 1.82) is 0 Å². The molecule has 0 aliphatic rings. The molecule has 1 rings (SSSR count). The fourth-order valence-electron chi connectivity index (χ4n) is 2.12. The van der Waals surface area contributed by atoms with Crippen molar-refractivity contribution in [2.75, 3.05) is 13.1 Å². The molecule has 0 aliphatic heterocycles. The third-order valence-corrected chi connectivity index (χ3v) is 3.86. The maximum Gasteiger partial charge on any atom is 0.257 e. The second kappa shape index (κ2) is 9.70. The number of aromatic nitrogens is 1. The molecule has 0 aliphatic carbocycles. The third kappa shape index (κ3) is 5.08. The van der Waals surface area contributed by atoms with Gasteiger partial charge in [0.1, 0.15) is 11.1 Å². The molecule has 24 heavy (non-hydrogen) atoms. The van der Waals surface area contributed by atoms with Crippen LogP contribution in [-0.4, -0.2) is 29.5 Å². The summed E-state index contributed by atoms with van der Waals surface area (Å²) in [4.78, 5) is 37.1. The van der Waals surface area contributed by atoms with E-state index < -0.39 is 17.2 Å². The number of carbonyl (C=O) groups excluding carboxylic acids is 2. The molecular weight excluding hydrogens is 306 g/mol. The monoisotopic (exact) mass is 333 g/mol. The van der Waals surface area contributed by atoms with E-state index in [9.17, 15) is 14.4 Å². The lowest BCUT2D eigenvalue weighted by atomic mass is 10.1. The zero-order chi connectivity index (χ0) is 18.1. The first-order valence-corrected chi connectivity index (χ1v) is 8.39. The van der Waals surface area contributed by atoms with Crippen LogP contribution in [0.4, 0.5) is 0 Å². The highest BCUT2D eigenvalue weighted by Crippen LogP contribution is 2.11. The van der Waals surface area contributed by atoms with Gasteiger partial charge in [-0.2, -0.15) is 0 Å². The summed E-state index contributed by atoms with van der Waals surface area (Å²) >= 11 is 0. The van der Waals surface area contributed by atoms with E-state index in [2.05, 4.69) is 17.2 Å². The number of unbranched alkanes of at least 4 members (excludes halogenated alkanes) is 1. The molecule has 132 valence electrons. The van der Waals surface area contributed by atoms with Crippen LogP contribution in [0.15, 0.2) is 29.8 Å². The molecule has 0 saturated heterocycles. The Morgan fingerprint density at radius 3 is 2.29 bits per heavy atom. The minimum absolute atomic E-state index is 0.00217. The van der Waals surface area contributed by atoms with Crippen LogP contribution >= 0.6 is 0 Å². The Balaban J connectivity index is 3.25. The summed E-state index contributed by atoms with van der Waals surface area (Å²) in [6.07, 6.45) is 7.17. The van der Waals surface area contributed by atoms with Crippen molar-refractivity contribution in [1.82, 2.24) is 15.2 Å². The topological polar surface area (TPSA) is 80.2 Å². The molecule has 1 atom stereocenters. The van der Waals surface area contributed by atoms with Crippen molar-refractivity contribution in [2.45, 2.75) is 46.1 Å². The first-order chi connectivity index (χ1) is 11.5. The first kappa shape index (κ1) is 19.7. The van der Waals surface area contributed by atoms with Gasteiger partial charge in [0.25, 0.3) is 11.8 Å². The van der Waals surface area contributed by atoms with Crippen molar-refractivity contribution in [3.63, 3.8) is 0 Å². The van der Waals surface area contributed by atoms with Crippen LogP contribution in [0.3, 0.4) is 0 Å². The highest BCUT2D eigenvalue weighted by Gasteiger charge is 2.19. The van der Waals surface area contributed by atoms with Crippen molar-refractivity contribution in [2.24, 2.45) is 0 Å². The molecule has 6 heteroatoms. The predicted molar refractivity (Wildman–Crippen MR) is 95.5 cm³/mol. The van der Waals surface area contributed by atoms with E-state index >= 15 is 0 Å². The number of hydrogen-bond acceptors (Lipinski definition) is 3. The van der Waals surface area contributed by atoms with E-state index in [1.54, 1.807) is 4.57 Å². The molecule has 2 N–H and O–H groups in total. The van der Waals surface area contributed by atoms with Gasteiger partial charge >= 0.3 is 0 Å². The van der Waals surface area contributed by atoms with Gasteiger partial charge in [-0.05, 0) is 19.8 Å². The number of pyridine rings is 1. The molecule has 0 spiro atoms. The average Bonchev–Trinajstić information content (AvgIpc) is 2.59. The van der Waals surface area contributed by atoms with E-state index in [4.69, 9.17) is 0 Å². The van der Waals surface area contributed by atoms with Gasteiger partial charge in [0.2, 0.25) is 5.43 Å². The van der Waals surface area contributed by atoms with Crippen LogP contribution in [-0.2, 0) is 0 Å². The normalized spacial score (nSPS) is 11.6. The molecule has 0 saturated carbocycles. The standard InChI is InChI=1S/C18H27N3O3/c1-5-8-10-20-18(24)15-12-21(13(4)7-3)11-14(16(15)22)17(23)19-9-6-2/h6,11-13H,2,5,7-10H2,1,3-4H3,(H,19,23)(H,20,24)/t13-/m1/s1. The number of amides is 2. The highest BCUT2D eigenvalue weighted by atomic mass is 16.2. The van der Waals surface area contributed by atoms with Crippen molar-refractivity contribution < 1.29 is 9.59 Å². The molecule has 0 unspecified atom stereocenters. The van der Waals surface area contributed by atoms with Crippen molar-refractivity contribution in [3.05, 3.63) is 46.4 Å². The summed E-state index contributed by atoms with van der Waals surface area (Å²) in [6, 6.07) is 0.0683. The van der Waals surface area contributed by atoms with Crippen LogP contribution in [0.25, 0.3) is 0 Å². The Kier molecular flexibility index (Phi) is 7.95. The molecule has 0 bridgehead atoms. The van der Waals surface area contributed by atoms with Crippen molar-refractivity contribution in [3.8, 4) is 0 Å². The minimum Gasteiger partial charge on any atom is -0.352 e. The van der Waals surface area contributed by atoms with Gasteiger partial charge in [0, 0.05) is 31.5 Å². The van der Waals surface area contributed by atoms with Gasteiger partial charge in [-0.3, -0.25) is 14.4 Å². The molecule has 1 heterocycles. The summed E-state index contributed by atoms with van der Waals surface area (Å²) in [6.45, 7) is 10.3. The molecule has 0 fully saturated rings. The Labute approximate surface area is 142 Å². The molecule has 1 aromatic rings. The largest absolute Gasteiger partial charge is 0.352 e.